The molecule has 0 atom stereocenters. The molecular weight excluding hydrogens is 402 g/mol. The molecule has 0 rings (SSSR count). The zero-order valence-electron chi connectivity index (χ0n) is 17.1. The number of nitrogens with two attached hydrogens (primary N) is 3. The van der Waals surface area contributed by atoms with E-state index in [1.165, 1.54) is 21.1 Å². The van der Waals surface area contributed by atoms with Crippen molar-refractivity contribution >= 4 is 35.8 Å². The molecule has 0 bridgehead atoms. The minimum absolute atomic E-state index is 0.313. The van der Waals surface area contributed by atoms with Crippen LogP contribution in [-0.4, -0.2) is 111 Å². The number of esters is 3. The molecule has 15 heteroatoms. The van der Waals surface area contributed by atoms with Gasteiger partial charge in [-0.05, 0) is 0 Å². The Morgan fingerprint density at radius 2 is 1.00 bits per heavy atom. The van der Waals surface area contributed by atoms with Gasteiger partial charge in [0.1, 0.15) is 32.8 Å². The number of likely N-dealkylation sites (N-methyl/N-ethyl adjacent to an activating group) is 3. The molecule has 0 aromatic rings. The third-order valence-corrected chi connectivity index (χ3v) is 3.49. The predicted octanol–water partition coefficient (Wildman–Crippen LogP) is -3.54. The van der Waals surface area contributed by atoms with Gasteiger partial charge in [-0.25, -0.2) is 0 Å². The average molecular weight is 431 g/mol. The van der Waals surface area contributed by atoms with Crippen LogP contribution in [0, 0.1) is 16.2 Å². The summed E-state index contributed by atoms with van der Waals surface area (Å²) in [6, 6.07) is 0. The van der Waals surface area contributed by atoms with Gasteiger partial charge in [-0.3, -0.25) is 30.6 Å². The van der Waals surface area contributed by atoms with Crippen molar-refractivity contribution < 1.29 is 28.6 Å². The standard InChI is InChI=1S/C15H29N9O6/c1-22(13(16)17)4-10(25)28-7-9(30-12(27)6-24(3)15(20)21)8-29-11(26)5-23(2)14(18)19/h9H,4-8H2,1-3H3,(H3,16,17)(H3,18,19)(H3,20,21). The Kier molecular flexibility index (Phi) is 11.0. The molecule has 0 unspecified atom stereocenters. The van der Waals surface area contributed by atoms with Gasteiger partial charge in [-0.15, -0.1) is 0 Å². The van der Waals surface area contributed by atoms with Crippen LogP contribution < -0.4 is 17.2 Å². The van der Waals surface area contributed by atoms with Gasteiger partial charge in [0.15, 0.2) is 24.0 Å². The molecular formula is C15H29N9O6. The molecule has 0 heterocycles. The van der Waals surface area contributed by atoms with E-state index >= 15 is 0 Å². The van der Waals surface area contributed by atoms with Gasteiger partial charge < -0.3 is 46.1 Å². The van der Waals surface area contributed by atoms with Crippen LogP contribution in [0.15, 0.2) is 0 Å². The number of nitrogens with zero attached hydrogens (tertiary/aromatic N) is 3. The van der Waals surface area contributed by atoms with Crippen LogP contribution in [0.5, 0.6) is 0 Å². The van der Waals surface area contributed by atoms with Crippen molar-refractivity contribution in [1.82, 2.24) is 14.7 Å². The van der Waals surface area contributed by atoms with Gasteiger partial charge in [0.2, 0.25) is 0 Å². The average Bonchev–Trinajstić information content (AvgIpc) is 2.63. The molecule has 0 aliphatic heterocycles. The van der Waals surface area contributed by atoms with Gasteiger partial charge in [0.25, 0.3) is 0 Å². The fourth-order valence-electron chi connectivity index (χ4n) is 1.64. The Hall–Kier alpha value is -3.78. The number of ether oxygens (including phenoxy) is 3. The van der Waals surface area contributed by atoms with Crippen molar-refractivity contribution in [3.05, 3.63) is 0 Å². The maximum atomic E-state index is 12.0. The highest BCUT2D eigenvalue weighted by Gasteiger charge is 2.21. The lowest BCUT2D eigenvalue weighted by Gasteiger charge is -2.22. The molecule has 9 N–H and O–H groups in total. The number of rotatable bonds is 11. The zero-order chi connectivity index (χ0) is 23.4. The SMILES string of the molecule is CN(CC(=O)OCC(COC(=O)CN(C)C(=N)N)OC(=O)CN(C)C(=N)N)C(=N)N. The number of nitrogens with one attached hydrogen (secondary N) is 3. The first-order valence-corrected chi connectivity index (χ1v) is 8.49. The lowest BCUT2D eigenvalue weighted by molar-refractivity contribution is -0.166. The van der Waals surface area contributed by atoms with E-state index in [1.807, 2.05) is 0 Å². The molecule has 0 amide bonds. The summed E-state index contributed by atoms with van der Waals surface area (Å²) in [7, 11) is 4.21. The van der Waals surface area contributed by atoms with Gasteiger partial charge in [-0.2, -0.15) is 0 Å². The van der Waals surface area contributed by atoms with Crippen LogP contribution in [0.2, 0.25) is 0 Å². The van der Waals surface area contributed by atoms with Crippen molar-refractivity contribution in [2.75, 3.05) is 54.0 Å². The Bertz CT molecular complexity index is 633. The first-order chi connectivity index (χ1) is 13.8. The van der Waals surface area contributed by atoms with Gasteiger partial charge in [0, 0.05) is 21.1 Å². The maximum absolute atomic E-state index is 12.0. The topological polar surface area (TPSA) is 238 Å². The Balaban J connectivity index is 4.86. The first-order valence-electron chi connectivity index (χ1n) is 8.49. The smallest absolute Gasteiger partial charge is 0.326 e. The van der Waals surface area contributed by atoms with E-state index in [9.17, 15) is 14.4 Å². The lowest BCUT2D eigenvalue weighted by atomic mass is 10.4. The normalized spacial score (nSPS) is 10.9. The summed E-state index contributed by atoms with van der Waals surface area (Å²) in [4.78, 5) is 39.0. The molecule has 0 spiro atoms. The van der Waals surface area contributed by atoms with Crippen LogP contribution in [-0.2, 0) is 28.6 Å². The highest BCUT2D eigenvalue weighted by Crippen LogP contribution is 2.00. The van der Waals surface area contributed by atoms with E-state index in [4.69, 9.17) is 47.6 Å². The minimum atomic E-state index is -1.14. The van der Waals surface area contributed by atoms with E-state index in [2.05, 4.69) is 0 Å². The van der Waals surface area contributed by atoms with Crippen molar-refractivity contribution in [3.63, 3.8) is 0 Å². The Morgan fingerprint density at radius 3 is 1.30 bits per heavy atom. The molecule has 0 saturated heterocycles. The molecule has 0 fully saturated rings. The number of guanidine groups is 3. The number of carbonyl (C=O) groups is 3. The second kappa shape index (κ2) is 12.6. The molecule has 0 aliphatic rings. The van der Waals surface area contributed by atoms with Crippen LogP contribution in [0.4, 0.5) is 0 Å². The first kappa shape index (κ1) is 26.2. The third kappa shape index (κ3) is 11.2. The van der Waals surface area contributed by atoms with Crippen LogP contribution >= 0.6 is 0 Å². The predicted molar refractivity (Wildman–Crippen MR) is 105 cm³/mol. The molecule has 170 valence electrons. The number of carbonyl (C=O) groups excluding carboxylic acids is 3. The quantitative estimate of drug-likeness (QED) is 0.0806. The van der Waals surface area contributed by atoms with Gasteiger partial charge >= 0.3 is 17.9 Å². The summed E-state index contributed by atoms with van der Waals surface area (Å²) in [5, 5.41) is 21.7. The maximum Gasteiger partial charge on any atom is 0.326 e. The second-order valence-electron chi connectivity index (χ2n) is 6.20. The summed E-state index contributed by atoms with van der Waals surface area (Å²) in [6.45, 7) is -1.85. The van der Waals surface area contributed by atoms with Crippen molar-refractivity contribution in [3.8, 4) is 0 Å². The van der Waals surface area contributed by atoms with E-state index in [1.54, 1.807) is 0 Å². The summed E-state index contributed by atoms with van der Waals surface area (Å²) < 4.78 is 15.1. The zero-order valence-corrected chi connectivity index (χ0v) is 17.1. The third-order valence-electron chi connectivity index (χ3n) is 3.49. The fourth-order valence-corrected chi connectivity index (χ4v) is 1.64. The number of hydrogen-bond acceptors (Lipinski definition) is 9. The van der Waals surface area contributed by atoms with E-state index < -0.39 is 37.2 Å². The van der Waals surface area contributed by atoms with Gasteiger partial charge in [0.05, 0.1) is 0 Å². The van der Waals surface area contributed by atoms with Crippen LogP contribution in [0.25, 0.3) is 0 Å². The summed E-state index contributed by atoms with van der Waals surface area (Å²) in [5.74, 6) is -3.35. The summed E-state index contributed by atoms with van der Waals surface area (Å²) >= 11 is 0. The number of hydrogen-bond donors (Lipinski definition) is 6. The monoisotopic (exact) mass is 431 g/mol. The van der Waals surface area contributed by atoms with Gasteiger partial charge in [-0.1, -0.05) is 0 Å². The fraction of sp³-hybridized carbons (Fsp3) is 0.600. The highest BCUT2D eigenvalue weighted by atomic mass is 16.6. The minimum Gasteiger partial charge on any atom is -0.460 e. The Morgan fingerprint density at radius 1 is 0.700 bits per heavy atom. The van der Waals surface area contributed by atoms with Crippen LogP contribution in [0.1, 0.15) is 0 Å². The molecule has 0 aromatic carbocycles. The van der Waals surface area contributed by atoms with Crippen LogP contribution in [0.3, 0.4) is 0 Å². The van der Waals surface area contributed by atoms with Crippen molar-refractivity contribution in [2.45, 2.75) is 6.10 Å². The summed E-state index contributed by atoms with van der Waals surface area (Å²) in [6.07, 6.45) is -1.14. The van der Waals surface area contributed by atoms with E-state index in [-0.39, 0.29) is 37.5 Å². The molecule has 30 heavy (non-hydrogen) atoms. The largest absolute Gasteiger partial charge is 0.460 e. The molecule has 0 saturated carbocycles. The second-order valence-corrected chi connectivity index (χ2v) is 6.20. The van der Waals surface area contributed by atoms with Crippen molar-refractivity contribution in [1.29, 1.82) is 16.2 Å². The summed E-state index contributed by atoms with van der Waals surface area (Å²) in [5.41, 5.74) is 15.7. The molecule has 15 nitrogen and oxygen atoms in total. The van der Waals surface area contributed by atoms with E-state index in [0.717, 1.165) is 14.7 Å². The van der Waals surface area contributed by atoms with E-state index in [0.29, 0.717) is 0 Å². The Labute approximate surface area is 173 Å². The highest BCUT2D eigenvalue weighted by molar-refractivity contribution is 5.82. The van der Waals surface area contributed by atoms with Crippen molar-refractivity contribution in [2.24, 2.45) is 17.2 Å². The molecule has 0 aliphatic carbocycles. The lowest BCUT2D eigenvalue weighted by Crippen LogP contribution is -2.41. The molecule has 0 aromatic heterocycles. The molecule has 0 radical (unpaired) electrons.